The van der Waals surface area contributed by atoms with Crippen molar-refractivity contribution in [3.05, 3.63) is 24.3 Å². The Balaban J connectivity index is 1.71. The molecule has 5 heteroatoms. The minimum atomic E-state index is -0.158. The number of rotatable bonds is 0. The summed E-state index contributed by atoms with van der Waals surface area (Å²) in [6.45, 7) is 7.05. The van der Waals surface area contributed by atoms with Gasteiger partial charge in [-0.3, -0.25) is 0 Å². The lowest BCUT2D eigenvalue weighted by Crippen LogP contribution is -2.48. The van der Waals surface area contributed by atoms with Gasteiger partial charge >= 0.3 is 0 Å². The molecule has 116 valence electrons. The number of nitrogens with zero attached hydrogens (tertiary/aromatic N) is 4. The molecule has 2 aliphatic rings. The highest BCUT2D eigenvalue weighted by Gasteiger charge is 2.44. The van der Waals surface area contributed by atoms with E-state index in [2.05, 4.69) is 59.8 Å². The van der Waals surface area contributed by atoms with E-state index in [0.29, 0.717) is 5.41 Å². The number of hydrogen-bond acceptors (Lipinski definition) is 4. The normalized spacial score (nSPS) is 27.1. The fourth-order valence-electron chi connectivity index (χ4n) is 4.03. The molecule has 1 fully saturated rings. The van der Waals surface area contributed by atoms with Gasteiger partial charge < -0.3 is 5.32 Å². The molecule has 2 aromatic rings. The van der Waals surface area contributed by atoms with Crippen LogP contribution in [0.5, 0.6) is 0 Å². The zero-order valence-corrected chi connectivity index (χ0v) is 13.5. The molecule has 0 unspecified atom stereocenters. The third-order valence-corrected chi connectivity index (χ3v) is 5.45. The van der Waals surface area contributed by atoms with Crippen LogP contribution >= 0.6 is 0 Å². The molecule has 22 heavy (non-hydrogen) atoms. The van der Waals surface area contributed by atoms with E-state index in [0.717, 1.165) is 35.8 Å². The van der Waals surface area contributed by atoms with E-state index in [1.165, 1.54) is 12.8 Å². The second kappa shape index (κ2) is 4.54. The van der Waals surface area contributed by atoms with E-state index < -0.39 is 0 Å². The number of benzene rings is 1. The highest BCUT2D eigenvalue weighted by Crippen LogP contribution is 2.48. The van der Waals surface area contributed by atoms with Crippen LogP contribution in [-0.2, 0) is 5.66 Å². The molecule has 1 saturated carbocycles. The maximum Gasteiger partial charge on any atom is 0.186 e. The van der Waals surface area contributed by atoms with Crippen molar-refractivity contribution in [1.82, 2.24) is 20.2 Å². The molecule has 0 saturated heterocycles. The summed E-state index contributed by atoms with van der Waals surface area (Å²) in [6.07, 6.45) is 4.55. The summed E-state index contributed by atoms with van der Waals surface area (Å²) < 4.78 is 2.02. The van der Waals surface area contributed by atoms with Crippen molar-refractivity contribution in [3.63, 3.8) is 0 Å². The van der Waals surface area contributed by atoms with Gasteiger partial charge in [-0.2, -0.15) is 4.68 Å². The molecular weight excluding hydrogens is 274 g/mol. The van der Waals surface area contributed by atoms with Crippen LogP contribution in [0.4, 0.5) is 5.69 Å². The van der Waals surface area contributed by atoms with Crippen molar-refractivity contribution >= 4 is 5.69 Å². The summed E-state index contributed by atoms with van der Waals surface area (Å²) in [5.41, 5.74) is 2.46. The number of aromatic nitrogens is 4. The summed E-state index contributed by atoms with van der Waals surface area (Å²) in [7, 11) is 0. The molecule has 1 N–H and O–H groups in total. The van der Waals surface area contributed by atoms with Gasteiger partial charge in [0.25, 0.3) is 0 Å². The van der Waals surface area contributed by atoms with E-state index in [-0.39, 0.29) is 5.66 Å². The molecule has 2 heterocycles. The minimum absolute atomic E-state index is 0.158. The first-order valence-electron chi connectivity index (χ1n) is 8.16. The van der Waals surface area contributed by atoms with Crippen LogP contribution in [0.2, 0.25) is 0 Å². The molecule has 1 aromatic heterocycles. The van der Waals surface area contributed by atoms with E-state index in [1.807, 2.05) is 10.7 Å². The zero-order valence-electron chi connectivity index (χ0n) is 13.5. The SMILES string of the molecule is CC(C)(C)C1CCC2(CC1)Nc1ccccc1-c1nnnn12. The summed E-state index contributed by atoms with van der Waals surface area (Å²) in [6, 6.07) is 8.32. The number of tetrazole rings is 1. The molecule has 0 radical (unpaired) electrons. The molecule has 4 rings (SSSR count). The van der Waals surface area contributed by atoms with Crippen LogP contribution in [0.1, 0.15) is 46.5 Å². The van der Waals surface area contributed by atoms with E-state index in [1.54, 1.807) is 0 Å². The smallest absolute Gasteiger partial charge is 0.186 e. The van der Waals surface area contributed by atoms with Gasteiger partial charge in [0.05, 0.1) is 0 Å². The predicted molar refractivity (Wildman–Crippen MR) is 86.3 cm³/mol. The molecule has 0 atom stereocenters. The van der Waals surface area contributed by atoms with Crippen molar-refractivity contribution in [2.24, 2.45) is 11.3 Å². The first-order valence-corrected chi connectivity index (χ1v) is 8.16. The molecule has 1 spiro atoms. The molecule has 0 bridgehead atoms. The average Bonchev–Trinajstić information content (AvgIpc) is 2.98. The third-order valence-electron chi connectivity index (χ3n) is 5.45. The predicted octanol–water partition coefficient (Wildman–Crippen LogP) is 3.65. The van der Waals surface area contributed by atoms with Crippen molar-refractivity contribution in [2.75, 3.05) is 5.32 Å². The maximum absolute atomic E-state index is 4.31. The topological polar surface area (TPSA) is 55.6 Å². The Kier molecular flexibility index (Phi) is 2.83. The van der Waals surface area contributed by atoms with Crippen LogP contribution in [-0.4, -0.2) is 20.2 Å². The summed E-state index contributed by atoms with van der Waals surface area (Å²) in [4.78, 5) is 0. The molecule has 1 aliphatic carbocycles. The van der Waals surface area contributed by atoms with Gasteiger partial charge in [-0.15, -0.1) is 5.10 Å². The Bertz CT molecular complexity index is 689. The second-order valence-electron chi connectivity index (χ2n) is 7.76. The minimum Gasteiger partial charge on any atom is -0.361 e. The summed E-state index contributed by atoms with van der Waals surface area (Å²) in [5.74, 6) is 1.65. The quantitative estimate of drug-likeness (QED) is 0.806. The highest BCUT2D eigenvalue weighted by atomic mass is 15.6. The van der Waals surface area contributed by atoms with E-state index in [9.17, 15) is 0 Å². The monoisotopic (exact) mass is 297 g/mol. The van der Waals surface area contributed by atoms with Gasteiger partial charge in [0.2, 0.25) is 0 Å². The lowest BCUT2D eigenvalue weighted by Gasteiger charge is -2.46. The molecular formula is C17H23N5. The largest absolute Gasteiger partial charge is 0.361 e. The Hall–Kier alpha value is -1.91. The van der Waals surface area contributed by atoms with E-state index in [4.69, 9.17) is 0 Å². The van der Waals surface area contributed by atoms with Gasteiger partial charge in [-0.25, -0.2) is 0 Å². The average molecular weight is 297 g/mol. The standard InChI is InChI=1S/C17H23N5/c1-16(2,3)12-8-10-17(11-9-12)18-14-7-5-4-6-13(14)15-19-20-21-22(15)17/h4-7,12,18H,8-11H2,1-3H3. The van der Waals surface area contributed by atoms with Crippen molar-refractivity contribution in [1.29, 1.82) is 0 Å². The lowest BCUT2D eigenvalue weighted by molar-refractivity contribution is 0.101. The van der Waals surface area contributed by atoms with Crippen LogP contribution < -0.4 is 5.32 Å². The number of hydrogen-bond donors (Lipinski definition) is 1. The number of fused-ring (bicyclic) bond motifs is 4. The maximum atomic E-state index is 4.31. The summed E-state index contributed by atoms with van der Waals surface area (Å²) in [5, 5.41) is 16.3. The molecule has 5 nitrogen and oxygen atoms in total. The van der Waals surface area contributed by atoms with Crippen molar-refractivity contribution in [2.45, 2.75) is 52.1 Å². The fourth-order valence-corrected chi connectivity index (χ4v) is 4.03. The summed E-state index contributed by atoms with van der Waals surface area (Å²) >= 11 is 0. The van der Waals surface area contributed by atoms with Crippen LogP contribution in [0.15, 0.2) is 24.3 Å². The van der Waals surface area contributed by atoms with E-state index >= 15 is 0 Å². The number of para-hydroxylation sites is 1. The molecule has 1 aliphatic heterocycles. The Morgan fingerprint density at radius 3 is 2.64 bits per heavy atom. The lowest BCUT2D eigenvalue weighted by atomic mass is 9.69. The van der Waals surface area contributed by atoms with Gasteiger partial charge in [-0.05, 0) is 59.6 Å². The molecule has 0 amide bonds. The van der Waals surface area contributed by atoms with Crippen LogP contribution in [0.3, 0.4) is 0 Å². The third kappa shape index (κ3) is 1.95. The number of anilines is 1. The second-order valence-corrected chi connectivity index (χ2v) is 7.76. The highest BCUT2D eigenvalue weighted by molar-refractivity contribution is 5.76. The van der Waals surface area contributed by atoms with Crippen LogP contribution in [0, 0.1) is 11.3 Å². The van der Waals surface area contributed by atoms with Gasteiger partial charge in [0, 0.05) is 11.3 Å². The fraction of sp³-hybridized carbons (Fsp3) is 0.588. The van der Waals surface area contributed by atoms with Crippen LogP contribution in [0.25, 0.3) is 11.4 Å². The van der Waals surface area contributed by atoms with Gasteiger partial charge in [-0.1, -0.05) is 32.9 Å². The first-order chi connectivity index (χ1) is 10.5. The zero-order chi connectivity index (χ0) is 15.4. The van der Waals surface area contributed by atoms with Gasteiger partial charge in [0.15, 0.2) is 5.82 Å². The molecule has 1 aromatic carbocycles. The Morgan fingerprint density at radius 1 is 1.18 bits per heavy atom. The van der Waals surface area contributed by atoms with Crippen molar-refractivity contribution < 1.29 is 0 Å². The van der Waals surface area contributed by atoms with Gasteiger partial charge in [0.1, 0.15) is 5.66 Å². The first kappa shape index (κ1) is 13.7. The van der Waals surface area contributed by atoms with Crippen molar-refractivity contribution in [3.8, 4) is 11.4 Å². The Morgan fingerprint density at radius 2 is 1.91 bits per heavy atom. The Labute approximate surface area is 131 Å². The number of nitrogens with one attached hydrogen (secondary N) is 1.